The van der Waals surface area contributed by atoms with Crippen molar-refractivity contribution in [3.8, 4) is 17.1 Å². The van der Waals surface area contributed by atoms with Gasteiger partial charge in [-0.3, -0.25) is 0 Å². The van der Waals surface area contributed by atoms with E-state index in [1.807, 2.05) is 6.92 Å². The van der Waals surface area contributed by atoms with Gasteiger partial charge in [-0.1, -0.05) is 12.1 Å². The summed E-state index contributed by atoms with van der Waals surface area (Å²) in [5, 5.41) is 0. The molecule has 0 radical (unpaired) electrons. The number of hydrogen-bond donors (Lipinski definition) is 1. The SMILES string of the molecule is CCOc1nc(N)nc2ncc(-c3ccc(S(C)(=O)=O)cc3)nc12. The first-order chi connectivity index (χ1) is 11.4. The summed E-state index contributed by atoms with van der Waals surface area (Å²) in [5.74, 6) is 0.326. The molecule has 24 heavy (non-hydrogen) atoms. The van der Waals surface area contributed by atoms with E-state index in [2.05, 4.69) is 19.9 Å². The fraction of sp³-hybridized carbons (Fsp3) is 0.200. The van der Waals surface area contributed by atoms with Crippen LogP contribution >= 0.6 is 0 Å². The van der Waals surface area contributed by atoms with Gasteiger partial charge in [-0.25, -0.2) is 18.4 Å². The molecular weight excluding hydrogens is 330 g/mol. The first kappa shape index (κ1) is 16.1. The summed E-state index contributed by atoms with van der Waals surface area (Å²) in [5.41, 5.74) is 7.64. The lowest BCUT2D eigenvalue weighted by Gasteiger charge is -2.08. The molecule has 0 saturated heterocycles. The van der Waals surface area contributed by atoms with E-state index in [1.165, 1.54) is 12.1 Å². The maximum Gasteiger partial charge on any atom is 0.247 e. The molecule has 0 aliphatic rings. The third kappa shape index (κ3) is 3.11. The monoisotopic (exact) mass is 345 g/mol. The summed E-state index contributed by atoms with van der Waals surface area (Å²) >= 11 is 0. The standard InChI is InChI=1S/C15H15N5O3S/c1-3-23-14-12-13(19-15(16)20-14)17-8-11(18-12)9-4-6-10(7-5-9)24(2,21)22/h4-8H,3H2,1-2H3,(H2,16,17,19,20). The number of nitrogens with two attached hydrogens (primary N) is 1. The number of aromatic nitrogens is 4. The average Bonchev–Trinajstić information content (AvgIpc) is 2.54. The fourth-order valence-electron chi connectivity index (χ4n) is 2.15. The van der Waals surface area contributed by atoms with E-state index >= 15 is 0 Å². The Morgan fingerprint density at radius 1 is 1.12 bits per heavy atom. The normalized spacial score (nSPS) is 11.6. The number of nitrogens with zero attached hydrogens (tertiary/aromatic N) is 4. The van der Waals surface area contributed by atoms with Crippen LogP contribution in [0.25, 0.3) is 22.4 Å². The van der Waals surface area contributed by atoms with Gasteiger partial charge in [-0.15, -0.1) is 0 Å². The minimum absolute atomic E-state index is 0.0607. The number of benzene rings is 1. The van der Waals surface area contributed by atoms with Crippen LogP contribution < -0.4 is 10.5 Å². The lowest BCUT2D eigenvalue weighted by molar-refractivity contribution is 0.330. The van der Waals surface area contributed by atoms with Gasteiger partial charge in [-0.2, -0.15) is 9.97 Å². The number of sulfone groups is 1. The molecule has 0 aliphatic carbocycles. The van der Waals surface area contributed by atoms with Crippen LogP contribution in [-0.4, -0.2) is 41.2 Å². The third-order valence-electron chi connectivity index (χ3n) is 3.25. The van der Waals surface area contributed by atoms with Gasteiger partial charge in [0.25, 0.3) is 0 Å². The minimum atomic E-state index is -3.25. The maximum absolute atomic E-state index is 11.5. The summed E-state index contributed by atoms with van der Waals surface area (Å²) in [6, 6.07) is 6.40. The Balaban J connectivity index is 2.10. The predicted octanol–water partition coefficient (Wildman–Crippen LogP) is 1.47. The highest BCUT2D eigenvalue weighted by atomic mass is 32.2. The van der Waals surface area contributed by atoms with Crippen LogP contribution in [0.1, 0.15) is 6.92 Å². The first-order valence-electron chi connectivity index (χ1n) is 7.12. The quantitative estimate of drug-likeness (QED) is 0.754. The summed E-state index contributed by atoms with van der Waals surface area (Å²) in [7, 11) is -3.25. The van der Waals surface area contributed by atoms with Crippen LogP contribution in [0.3, 0.4) is 0 Å². The largest absolute Gasteiger partial charge is 0.476 e. The van der Waals surface area contributed by atoms with E-state index in [9.17, 15) is 8.42 Å². The highest BCUT2D eigenvalue weighted by Gasteiger charge is 2.13. The molecule has 0 saturated carbocycles. The molecule has 8 nitrogen and oxygen atoms in total. The number of rotatable bonds is 4. The zero-order valence-electron chi connectivity index (χ0n) is 13.1. The molecular formula is C15H15N5O3S. The molecule has 3 rings (SSSR count). The molecule has 0 fully saturated rings. The van der Waals surface area contributed by atoms with Gasteiger partial charge in [0, 0.05) is 11.8 Å². The van der Waals surface area contributed by atoms with Gasteiger partial charge in [0.05, 0.1) is 23.4 Å². The Labute approximate surface area is 138 Å². The summed E-state index contributed by atoms with van der Waals surface area (Å²) in [6.45, 7) is 2.23. The van der Waals surface area contributed by atoms with E-state index < -0.39 is 9.84 Å². The van der Waals surface area contributed by atoms with E-state index in [4.69, 9.17) is 10.5 Å². The molecule has 0 amide bonds. The summed E-state index contributed by atoms with van der Waals surface area (Å²) < 4.78 is 28.5. The van der Waals surface area contributed by atoms with E-state index in [-0.39, 0.29) is 16.7 Å². The van der Waals surface area contributed by atoms with Gasteiger partial charge >= 0.3 is 0 Å². The van der Waals surface area contributed by atoms with Crippen molar-refractivity contribution in [2.24, 2.45) is 0 Å². The van der Waals surface area contributed by atoms with Gasteiger partial charge in [-0.05, 0) is 19.1 Å². The number of anilines is 1. The summed E-state index contributed by atoms with van der Waals surface area (Å²) in [6.07, 6.45) is 2.70. The fourth-order valence-corrected chi connectivity index (χ4v) is 2.78. The average molecular weight is 345 g/mol. The van der Waals surface area contributed by atoms with Crippen LogP contribution in [0, 0.1) is 0 Å². The van der Waals surface area contributed by atoms with Gasteiger partial charge in [0.15, 0.2) is 21.0 Å². The van der Waals surface area contributed by atoms with Crippen LogP contribution in [0.15, 0.2) is 35.4 Å². The molecule has 0 unspecified atom stereocenters. The summed E-state index contributed by atoms with van der Waals surface area (Å²) in [4.78, 5) is 17.0. The number of ether oxygens (including phenoxy) is 1. The lowest BCUT2D eigenvalue weighted by atomic mass is 10.1. The molecule has 0 aliphatic heterocycles. The van der Waals surface area contributed by atoms with Crippen LogP contribution in [-0.2, 0) is 9.84 Å². The zero-order chi connectivity index (χ0) is 17.3. The number of hydrogen-bond acceptors (Lipinski definition) is 8. The Morgan fingerprint density at radius 2 is 1.83 bits per heavy atom. The molecule has 3 aromatic rings. The Bertz CT molecular complexity index is 1000. The Morgan fingerprint density at radius 3 is 2.46 bits per heavy atom. The highest BCUT2D eigenvalue weighted by molar-refractivity contribution is 7.90. The molecule has 0 atom stereocenters. The second-order valence-corrected chi connectivity index (χ2v) is 7.06. The third-order valence-corrected chi connectivity index (χ3v) is 4.38. The maximum atomic E-state index is 11.5. The molecule has 2 aromatic heterocycles. The molecule has 1 aromatic carbocycles. The molecule has 0 bridgehead atoms. The number of nitrogen functional groups attached to an aromatic ring is 1. The van der Waals surface area contributed by atoms with Crippen LogP contribution in [0.4, 0.5) is 5.95 Å². The molecule has 2 N–H and O–H groups in total. The highest BCUT2D eigenvalue weighted by Crippen LogP contribution is 2.25. The molecule has 9 heteroatoms. The van der Waals surface area contributed by atoms with Crippen molar-refractivity contribution in [3.05, 3.63) is 30.5 Å². The second kappa shape index (κ2) is 6.00. The van der Waals surface area contributed by atoms with E-state index in [1.54, 1.807) is 18.3 Å². The van der Waals surface area contributed by atoms with Crippen molar-refractivity contribution in [2.45, 2.75) is 11.8 Å². The molecule has 124 valence electrons. The van der Waals surface area contributed by atoms with Crippen molar-refractivity contribution >= 4 is 26.9 Å². The second-order valence-electron chi connectivity index (χ2n) is 5.04. The molecule has 0 spiro atoms. The van der Waals surface area contributed by atoms with E-state index in [0.29, 0.717) is 23.5 Å². The predicted molar refractivity (Wildman–Crippen MR) is 89.3 cm³/mol. The lowest BCUT2D eigenvalue weighted by Crippen LogP contribution is -2.04. The van der Waals surface area contributed by atoms with Crippen molar-refractivity contribution in [2.75, 3.05) is 18.6 Å². The van der Waals surface area contributed by atoms with Crippen molar-refractivity contribution in [3.63, 3.8) is 0 Å². The van der Waals surface area contributed by atoms with Gasteiger partial charge < -0.3 is 10.5 Å². The first-order valence-corrected chi connectivity index (χ1v) is 9.01. The van der Waals surface area contributed by atoms with Crippen molar-refractivity contribution in [1.29, 1.82) is 0 Å². The van der Waals surface area contributed by atoms with Crippen LogP contribution in [0.5, 0.6) is 5.88 Å². The van der Waals surface area contributed by atoms with Gasteiger partial charge in [0.1, 0.15) is 0 Å². The van der Waals surface area contributed by atoms with Crippen LogP contribution in [0.2, 0.25) is 0 Å². The van der Waals surface area contributed by atoms with Crippen molar-refractivity contribution in [1.82, 2.24) is 19.9 Å². The van der Waals surface area contributed by atoms with Gasteiger partial charge in [0.2, 0.25) is 11.8 Å². The molecule has 2 heterocycles. The topological polar surface area (TPSA) is 121 Å². The smallest absolute Gasteiger partial charge is 0.247 e. The minimum Gasteiger partial charge on any atom is -0.476 e. The Hall–Kier alpha value is -2.81. The number of fused-ring (bicyclic) bond motifs is 1. The van der Waals surface area contributed by atoms with Crippen molar-refractivity contribution < 1.29 is 13.2 Å². The van der Waals surface area contributed by atoms with E-state index in [0.717, 1.165) is 11.8 Å². The zero-order valence-corrected chi connectivity index (χ0v) is 13.9. The Kier molecular flexibility index (Phi) is 4.02.